The van der Waals surface area contributed by atoms with Crippen LogP contribution in [0.3, 0.4) is 0 Å². The van der Waals surface area contributed by atoms with Crippen molar-refractivity contribution in [3.63, 3.8) is 0 Å². The van der Waals surface area contributed by atoms with Crippen molar-refractivity contribution in [1.82, 2.24) is 0 Å². The van der Waals surface area contributed by atoms with Crippen molar-refractivity contribution in [3.05, 3.63) is 33.8 Å². The van der Waals surface area contributed by atoms with Crippen LogP contribution in [0.1, 0.15) is 11.1 Å². The third-order valence-electron chi connectivity index (χ3n) is 1.61. The Balaban J connectivity index is 3.12. The minimum absolute atomic E-state index is 0.479. The van der Waals surface area contributed by atoms with Gasteiger partial charge in [0.25, 0.3) is 0 Å². The highest BCUT2D eigenvalue weighted by Crippen LogP contribution is 2.19. The Hall–Kier alpha value is -0.810. The number of rotatable bonds is 1. The van der Waals surface area contributed by atoms with Crippen molar-refractivity contribution in [3.8, 4) is 6.07 Å². The van der Waals surface area contributed by atoms with Gasteiger partial charge in [0.1, 0.15) is 0 Å². The molecule has 56 valence electrons. The van der Waals surface area contributed by atoms with Gasteiger partial charge in [-0.25, -0.2) is 0 Å². The maximum Gasteiger partial charge on any atom is 0.0670 e. The Kier molecular flexibility index (Phi) is 2.67. The number of aryl methyl sites for hydroxylation is 1. The predicted octanol–water partition coefficient (Wildman–Crippen LogP) is 2.82. The fraction of sp³-hybridized carbons (Fsp3) is 0.222. The topological polar surface area (TPSA) is 23.8 Å². The van der Waals surface area contributed by atoms with Gasteiger partial charge in [0.05, 0.1) is 12.5 Å². The van der Waals surface area contributed by atoms with Crippen molar-refractivity contribution in [2.24, 2.45) is 0 Å². The van der Waals surface area contributed by atoms with E-state index in [9.17, 15) is 0 Å². The van der Waals surface area contributed by atoms with E-state index in [2.05, 4.69) is 22.0 Å². The molecule has 0 N–H and O–H groups in total. The van der Waals surface area contributed by atoms with E-state index in [0.717, 1.165) is 10.0 Å². The first-order chi connectivity index (χ1) is 5.25. The SMILES string of the molecule is Cc1cccc(Br)c1CC#N. The smallest absolute Gasteiger partial charge is 0.0670 e. The second-order valence-electron chi connectivity index (χ2n) is 2.37. The summed E-state index contributed by atoms with van der Waals surface area (Å²) in [6.45, 7) is 2.01. The third kappa shape index (κ3) is 1.81. The molecule has 0 heterocycles. The van der Waals surface area contributed by atoms with Crippen LogP contribution in [0.4, 0.5) is 0 Å². The van der Waals surface area contributed by atoms with Crippen molar-refractivity contribution in [1.29, 1.82) is 5.26 Å². The number of nitrogens with zero attached hydrogens (tertiary/aromatic N) is 1. The molecule has 0 radical (unpaired) electrons. The van der Waals surface area contributed by atoms with Gasteiger partial charge in [-0.2, -0.15) is 5.26 Å². The van der Waals surface area contributed by atoms with Gasteiger partial charge in [0, 0.05) is 4.47 Å². The van der Waals surface area contributed by atoms with Crippen LogP contribution < -0.4 is 0 Å². The lowest BCUT2D eigenvalue weighted by Crippen LogP contribution is -1.87. The molecule has 0 atom stereocenters. The predicted molar refractivity (Wildman–Crippen MR) is 48.2 cm³/mol. The fourth-order valence-corrected chi connectivity index (χ4v) is 1.57. The Bertz CT molecular complexity index is 279. The average molecular weight is 210 g/mol. The second kappa shape index (κ2) is 3.54. The fourth-order valence-electron chi connectivity index (χ4n) is 0.969. The van der Waals surface area contributed by atoms with Crippen LogP contribution in [0.2, 0.25) is 0 Å². The van der Waals surface area contributed by atoms with E-state index in [0.29, 0.717) is 6.42 Å². The van der Waals surface area contributed by atoms with Crippen LogP contribution in [0.15, 0.2) is 22.7 Å². The lowest BCUT2D eigenvalue weighted by Gasteiger charge is -2.02. The van der Waals surface area contributed by atoms with Gasteiger partial charge in [-0.15, -0.1) is 0 Å². The maximum atomic E-state index is 8.50. The molecule has 0 aliphatic heterocycles. The van der Waals surface area contributed by atoms with E-state index < -0.39 is 0 Å². The summed E-state index contributed by atoms with van der Waals surface area (Å²) >= 11 is 3.40. The molecule has 1 aromatic carbocycles. The van der Waals surface area contributed by atoms with Gasteiger partial charge < -0.3 is 0 Å². The zero-order chi connectivity index (χ0) is 8.27. The summed E-state index contributed by atoms with van der Waals surface area (Å²) in [6.07, 6.45) is 0.479. The Morgan fingerprint density at radius 3 is 2.82 bits per heavy atom. The van der Waals surface area contributed by atoms with Gasteiger partial charge in [-0.3, -0.25) is 0 Å². The molecule has 0 unspecified atom stereocenters. The molecule has 11 heavy (non-hydrogen) atoms. The van der Waals surface area contributed by atoms with Crippen molar-refractivity contribution >= 4 is 15.9 Å². The Labute approximate surface area is 74.8 Å². The molecule has 0 bridgehead atoms. The lowest BCUT2D eigenvalue weighted by atomic mass is 10.1. The van der Waals surface area contributed by atoms with Gasteiger partial charge in [0.2, 0.25) is 0 Å². The number of benzene rings is 1. The number of nitriles is 1. The molecule has 1 rings (SSSR count). The zero-order valence-corrected chi connectivity index (χ0v) is 7.85. The summed E-state index contributed by atoms with van der Waals surface area (Å²) in [7, 11) is 0. The van der Waals surface area contributed by atoms with E-state index in [1.165, 1.54) is 5.56 Å². The summed E-state index contributed by atoms with van der Waals surface area (Å²) in [6, 6.07) is 8.08. The summed E-state index contributed by atoms with van der Waals surface area (Å²) in [5.74, 6) is 0. The molecule has 0 aromatic heterocycles. The van der Waals surface area contributed by atoms with E-state index in [1.807, 2.05) is 25.1 Å². The molecule has 0 fully saturated rings. The van der Waals surface area contributed by atoms with Crippen LogP contribution in [0.25, 0.3) is 0 Å². The molecule has 0 aliphatic carbocycles. The summed E-state index contributed by atoms with van der Waals surface area (Å²) in [4.78, 5) is 0. The largest absolute Gasteiger partial charge is 0.198 e. The molecule has 2 heteroatoms. The number of hydrogen-bond donors (Lipinski definition) is 0. The highest BCUT2D eigenvalue weighted by atomic mass is 79.9. The van der Waals surface area contributed by atoms with Gasteiger partial charge in [0.15, 0.2) is 0 Å². The molecule has 0 aliphatic rings. The van der Waals surface area contributed by atoms with E-state index in [1.54, 1.807) is 0 Å². The summed E-state index contributed by atoms with van der Waals surface area (Å²) in [5, 5.41) is 8.50. The number of halogens is 1. The van der Waals surface area contributed by atoms with Crippen LogP contribution in [-0.2, 0) is 6.42 Å². The quantitative estimate of drug-likeness (QED) is 0.699. The maximum absolute atomic E-state index is 8.50. The molecule has 1 aromatic rings. The molecule has 0 saturated carbocycles. The Morgan fingerprint density at radius 1 is 1.55 bits per heavy atom. The molecule has 0 spiro atoms. The zero-order valence-electron chi connectivity index (χ0n) is 6.26. The number of hydrogen-bond acceptors (Lipinski definition) is 1. The van der Waals surface area contributed by atoms with Crippen molar-refractivity contribution in [2.75, 3.05) is 0 Å². The van der Waals surface area contributed by atoms with Gasteiger partial charge in [-0.1, -0.05) is 28.1 Å². The van der Waals surface area contributed by atoms with Gasteiger partial charge in [-0.05, 0) is 24.1 Å². The average Bonchev–Trinajstić information content (AvgIpc) is 1.97. The Morgan fingerprint density at radius 2 is 2.27 bits per heavy atom. The molecular formula is C9H8BrN. The minimum Gasteiger partial charge on any atom is -0.198 e. The molecule has 1 nitrogen and oxygen atoms in total. The second-order valence-corrected chi connectivity index (χ2v) is 3.22. The van der Waals surface area contributed by atoms with Crippen molar-refractivity contribution < 1.29 is 0 Å². The minimum atomic E-state index is 0.479. The molecule has 0 saturated heterocycles. The first-order valence-electron chi connectivity index (χ1n) is 3.36. The first-order valence-corrected chi connectivity index (χ1v) is 4.16. The summed E-state index contributed by atoms with van der Waals surface area (Å²) < 4.78 is 1.03. The lowest BCUT2D eigenvalue weighted by molar-refractivity contribution is 1.20. The monoisotopic (exact) mass is 209 g/mol. The van der Waals surface area contributed by atoms with Crippen LogP contribution in [-0.4, -0.2) is 0 Å². The van der Waals surface area contributed by atoms with E-state index in [-0.39, 0.29) is 0 Å². The van der Waals surface area contributed by atoms with E-state index >= 15 is 0 Å². The molecular weight excluding hydrogens is 202 g/mol. The van der Waals surface area contributed by atoms with Crippen LogP contribution in [0.5, 0.6) is 0 Å². The van der Waals surface area contributed by atoms with E-state index in [4.69, 9.17) is 5.26 Å². The summed E-state index contributed by atoms with van der Waals surface area (Å²) in [5.41, 5.74) is 2.26. The highest BCUT2D eigenvalue weighted by Gasteiger charge is 2.00. The molecule has 0 amide bonds. The standard InChI is InChI=1S/C9H8BrN/c1-7-3-2-4-9(10)8(7)5-6-11/h2-4H,5H2,1H3. The first kappa shape index (κ1) is 8.29. The van der Waals surface area contributed by atoms with Gasteiger partial charge >= 0.3 is 0 Å². The third-order valence-corrected chi connectivity index (χ3v) is 2.35. The van der Waals surface area contributed by atoms with Crippen LogP contribution >= 0.6 is 15.9 Å². The highest BCUT2D eigenvalue weighted by molar-refractivity contribution is 9.10. The normalized spacial score (nSPS) is 9.18. The van der Waals surface area contributed by atoms with Crippen LogP contribution in [0, 0.1) is 18.3 Å². The van der Waals surface area contributed by atoms with Crippen molar-refractivity contribution in [2.45, 2.75) is 13.3 Å².